The van der Waals surface area contributed by atoms with Crippen molar-refractivity contribution in [1.29, 1.82) is 0 Å². The van der Waals surface area contributed by atoms with Gasteiger partial charge in [0.05, 0.1) is 22.1 Å². The number of furan rings is 1. The van der Waals surface area contributed by atoms with Crippen LogP contribution in [0, 0.1) is 0 Å². The summed E-state index contributed by atoms with van der Waals surface area (Å²) in [5, 5.41) is 13.2. The molecule has 0 fully saturated rings. The fraction of sp³-hybridized carbons (Fsp3) is 0.0196. The molecule has 0 aliphatic carbocycles. The zero-order valence-electron chi connectivity index (χ0n) is 29.7. The summed E-state index contributed by atoms with van der Waals surface area (Å²) < 4.78 is 15.7. The molecule has 0 saturated carbocycles. The minimum absolute atomic E-state index is 0.334. The average molecular weight is 705 g/mol. The van der Waals surface area contributed by atoms with Gasteiger partial charge in [0.1, 0.15) is 11.2 Å². The summed E-state index contributed by atoms with van der Waals surface area (Å²) in [6, 6.07) is 65.1. The van der Waals surface area contributed by atoms with Gasteiger partial charge in [0.15, 0.2) is 12.0 Å². The maximum absolute atomic E-state index is 6.75. The first-order chi connectivity index (χ1) is 27.2. The van der Waals surface area contributed by atoms with Gasteiger partial charge in [-0.1, -0.05) is 140 Å². The molecule has 12 rings (SSSR count). The summed E-state index contributed by atoms with van der Waals surface area (Å²) in [6.45, 7) is 0. The van der Waals surface area contributed by atoms with Gasteiger partial charge in [0.25, 0.3) is 0 Å². The standard InChI is InChI=1S/C51H32N2O2/c1-2-11-33(12-3-1)42-30-44-50(48-41-16-8-9-17-47(41)54-49(42)48)55-51(52-44)34-20-18-32(19-21-34)38-23-25-40-43-27-36-14-6-7-15-37(36)28-46(43)53(45(40)29-38)39-24-22-31-10-4-5-13-35(31)26-39/h1-30,51-52H. The van der Waals surface area contributed by atoms with E-state index in [9.17, 15) is 0 Å². The predicted octanol–water partition coefficient (Wildman–Crippen LogP) is 13.8. The Morgan fingerprint density at radius 2 is 1.16 bits per heavy atom. The van der Waals surface area contributed by atoms with Gasteiger partial charge in [-0.25, -0.2) is 0 Å². The van der Waals surface area contributed by atoms with Crippen LogP contribution in [-0.4, -0.2) is 4.57 Å². The highest BCUT2D eigenvalue weighted by Crippen LogP contribution is 2.50. The summed E-state index contributed by atoms with van der Waals surface area (Å²) >= 11 is 0. The molecule has 1 atom stereocenters. The Labute approximate surface area is 316 Å². The van der Waals surface area contributed by atoms with Gasteiger partial charge in [0, 0.05) is 33.0 Å². The van der Waals surface area contributed by atoms with Crippen LogP contribution in [0.25, 0.3) is 93.2 Å². The van der Waals surface area contributed by atoms with Crippen LogP contribution < -0.4 is 10.1 Å². The molecule has 1 aliphatic rings. The molecule has 4 nitrogen and oxygen atoms in total. The number of benzene rings is 9. The van der Waals surface area contributed by atoms with Crippen molar-refractivity contribution in [3.05, 3.63) is 188 Å². The molecule has 11 aromatic rings. The van der Waals surface area contributed by atoms with Crippen molar-refractivity contribution >= 4 is 71.0 Å². The molecule has 3 heterocycles. The Kier molecular flexibility index (Phi) is 6.37. The van der Waals surface area contributed by atoms with Crippen molar-refractivity contribution in [2.24, 2.45) is 0 Å². The van der Waals surface area contributed by atoms with Crippen LogP contribution in [0.1, 0.15) is 11.8 Å². The highest BCUT2D eigenvalue weighted by Gasteiger charge is 2.30. The van der Waals surface area contributed by atoms with Crippen molar-refractivity contribution in [1.82, 2.24) is 4.57 Å². The van der Waals surface area contributed by atoms with E-state index >= 15 is 0 Å². The number of anilines is 1. The Bertz CT molecular complexity index is 3320. The smallest absolute Gasteiger partial charge is 0.196 e. The topological polar surface area (TPSA) is 39.3 Å². The number of nitrogens with zero attached hydrogens (tertiary/aromatic N) is 1. The summed E-state index contributed by atoms with van der Waals surface area (Å²) in [7, 11) is 0. The van der Waals surface area contributed by atoms with Crippen molar-refractivity contribution in [2.45, 2.75) is 6.23 Å². The van der Waals surface area contributed by atoms with Crippen LogP contribution in [0.3, 0.4) is 0 Å². The molecule has 1 N–H and O–H groups in total. The second-order valence-corrected chi connectivity index (χ2v) is 14.5. The van der Waals surface area contributed by atoms with Crippen LogP contribution in [0.2, 0.25) is 0 Å². The van der Waals surface area contributed by atoms with E-state index in [1.807, 2.05) is 18.2 Å². The third-order valence-corrected chi connectivity index (χ3v) is 11.4. The van der Waals surface area contributed by atoms with Gasteiger partial charge in [-0.3, -0.25) is 0 Å². The molecule has 55 heavy (non-hydrogen) atoms. The van der Waals surface area contributed by atoms with Crippen molar-refractivity contribution in [3.8, 4) is 33.7 Å². The molecule has 9 aromatic carbocycles. The minimum atomic E-state index is -0.334. The molecule has 1 aliphatic heterocycles. The van der Waals surface area contributed by atoms with Crippen molar-refractivity contribution in [3.63, 3.8) is 0 Å². The number of fused-ring (bicyclic) bond motifs is 10. The lowest BCUT2D eigenvalue weighted by Gasteiger charge is -2.13. The van der Waals surface area contributed by atoms with E-state index in [0.29, 0.717) is 0 Å². The Balaban J connectivity index is 0.950. The quantitative estimate of drug-likeness (QED) is 0.198. The lowest BCUT2D eigenvalue weighted by atomic mass is 10.0. The Morgan fingerprint density at radius 3 is 2.00 bits per heavy atom. The summed E-state index contributed by atoms with van der Waals surface area (Å²) in [5.41, 5.74) is 11.7. The minimum Gasteiger partial charge on any atom is -0.464 e. The number of para-hydroxylation sites is 1. The number of rotatable bonds is 4. The van der Waals surface area contributed by atoms with Gasteiger partial charge in [0.2, 0.25) is 0 Å². The molecule has 0 radical (unpaired) electrons. The molecule has 0 saturated heterocycles. The number of aromatic nitrogens is 1. The Hall–Kier alpha value is -7.30. The van der Waals surface area contributed by atoms with Gasteiger partial charge in [-0.05, 0) is 80.7 Å². The lowest BCUT2D eigenvalue weighted by Crippen LogP contribution is -2.09. The zero-order chi connectivity index (χ0) is 36.0. The van der Waals surface area contributed by atoms with E-state index in [-0.39, 0.29) is 6.23 Å². The first-order valence-electron chi connectivity index (χ1n) is 18.8. The van der Waals surface area contributed by atoms with Crippen LogP contribution in [-0.2, 0) is 0 Å². The van der Waals surface area contributed by atoms with Gasteiger partial charge >= 0.3 is 0 Å². The number of hydrogen-bond donors (Lipinski definition) is 1. The van der Waals surface area contributed by atoms with E-state index in [4.69, 9.17) is 9.15 Å². The summed E-state index contributed by atoms with van der Waals surface area (Å²) in [5.74, 6) is 0.827. The van der Waals surface area contributed by atoms with Crippen LogP contribution in [0.4, 0.5) is 5.69 Å². The maximum Gasteiger partial charge on any atom is 0.196 e. The number of nitrogens with one attached hydrogen (secondary N) is 1. The summed E-state index contributed by atoms with van der Waals surface area (Å²) in [4.78, 5) is 0. The molecule has 4 heteroatoms. The fourth-order valence-electron chi connectivity index (χ4n) is 8.70. The SMILES string of the molecule is c1ccc(-c2cc3c(c4c2oc2ccccc24)OC(c2ccc(-c4ccc5c6cc7ccccc7cc6n(-c6ccc7ccccc7c6)c5c4)cc2)N3)cc1. The average Bonchev–Trinajstić information content (AvgIpc) is 3.94. The van der Waals surface area contributed by atoms with Gasteiger partial charge < -0.3 is 19.0 Å². The fourth-order valence-corrected chi connectivity index (χ4v) is 8.70. The molecule has 2 aromatic heterocycles. The largest absolute Gasteiger partial charge is 0.464 e. The normalized spacial score (nSPS) is 13.9. The Morgan fingerprint density at radius 1 is 0.473 bits per heavy atom. The highest BCUT2D eigenvalue weighted by molar-refractivity contribution is 6.16. The molecule has 0 bridgehead atoms. The number of hydrogen-bond acceptors (Lipinski definition) is 3. The van der Waals surface area contributed by atoms with Crippen LogP contribution in [0.5, 0.6) is 5.75 Å². The molecule has 1 unspecified atom stereocenters. The van der Waals surface area contributed by atoms with E-state index in [2.05, 4.69) is 174 Å². The van der Waals surface area contributed by atoms with Gasteiger partial charge in [-0.2, -0.15) is 0 Å². The first kappa shape index (κ1) is 30.2. The van der Waals surface area contributed by atoms with Crippen molar-refractivity contribution in [2.75, 3.05) is 5.32 Å². The number of ether oxygens (including phenoxy) is 1. The second-order valence-electron chi connectivity index (χ2n) is 14.5. The third-order valence-electron chi connectivity index (χ3n) is 11.4. The molecular formula is C51H32N2O2. The van der Waals surface area contributed by atoms with E-state index in [1.54, 1.807) is 0 Å². The molecular weight excluding hydrogens is 673 g/mol. The summed E-state index contributed by atoms with van der Waals surface area (Å²) in [6.07, 6.45) is -0.334. The lowest BCUT2D eigenvalue weighted by molar-refractivity contribution is 0.263. The second kappa shape index (κ2) is 11.6. The van der Waals surface area contributed by atoms with Crippen LogP contribution in [0.15, 0.2) is 186 Å². The molecule has 0 amide bonds. The zero-order valence-corrected chi connectivity index (χ0v) is 29.7. The van der Waals surface area contributed by atoms with Crippen molar-refractivity contribution < 1.29 is 9.15 Å². The van der Waals surface area contributed by atoms with Gasteiger partial charge in [-0.15, -0.1) is 0 Å². The molecule has 0 spiro atoms. The van der Waals surface area contributed by atoms with E-state index in [0.717, 1.165) is 66.9 Å². The maximum atomic E-state index is 6.75. The monoisotopic (exact) mass is 704 g/mol. The first-order valence-corrected chi connectivity index (χ1v) is 18.8. The van der Waals surface area contributed by atoms with Crippen LogP contribution >= 0.6 is 0 Å². The third kappa shape index (κ3) is 4.65. The highest BCUT2D eigenvalue weighted by atomic mass is 16.5. The molecule has 258 valence electrons. The van der Waals surface area contributed by atoms with E-state index in [1.165, 1.54) is 43.4 Å². The predicted molar refractivity (Wildman–Crippen MR) is 227 cm³/mol. The van der Waals surface area contributed by atoms with E-state index < -0.39 is 0 Å².